The third kappa shape index (κ3) is 3.45. The number of aromatic nitrogens is 1. The molecular formula is C22H23NO4. The molecule has 0 amide bonds. The predicted octanol–water partition coefficient (Wildman–Crippen LogP) is 4.54. The number of hydrogen-bond donors (Lipinski definition) is 0. The van der Waals surface area contributed by atoms with Gasteiger partial charge < -0.3 is 9.47 Å². The first kappa shape index (κ1) is 18.7. The highest BCUT2D eigenvalue weighted by molar-refractivity contribution is 6.07. The number of fused-ring (bicyclic) bond motifs is 1. The largest absolute Gasteiger partial charge is 0.480 e. The molecule has 3 rings (SSSR count). The summed E-state index contributed by atoms with van der Waals surface area (Å²) in [5.74, 6) is 0.00542. The summed E-state index contributed by atoms with van der Waals surface area (Å²) >= 11 is 0. The fourth-order valence-corrected chi connectivity index (χ4v) is 3.10. The average molecular weight is 365 g/mol. The number of benzene rings is 2. The molecule has 0 bridgehead atoms. The summed E-state index contributed by atoms with van der Waals surface area (Å²) in [7, 11) is 1.33. The summed E-state index contributed by atoms with van der Waals surface area (Å²) in [6.07, 6.45) is 1.38. The Labute approximate surface area is 158 Å². The quantitative estimate of drug-likeness (QED) is 0.623. The molecule has 5 heteroatoms. The summed E-state index contributed by atoms with van der Waals surface area (Å²) in [6, 6.07) is 13.1. The zero-order chi connectivity index (χ0) is 19.6. The van der Waals surface area contributed by atoms with Crippen molar-refractivity contribution in [3.8, 4) is 5.75 Å². The molecule has 0 saturated carbocycles. The molecule has 0 aliphatic rings. The summed E-state index contributed by atoms with van der Waals surface area (Å²) < 4.78 is 12.4. The first-order valence-corrected chi connectivity index (χ1v) is 8.93. The number of ether oxygens (including phenoxy) is 2. The van der Waals surface area contributed by atoms with Crippen LogP contribution in [0.3, 0.4) is 0 Å². The van der Waals surface area contributed by atoms with Crippen molar-refractivity contribution in [2.75, 3.05) is 7.11 Å². The Morgan fingerprint density at radius 3 is 2.52 bits per heavy atom. The van der Waals surface area contributed by atoms with Crippen LogP contribution < -0.4 is 4.74 Å². The molecule has 3 aromatic rings. The molecule has 0 fully saturated rings. The summed E-state index contributed by atoms with van der Waals surface area (Å²) in [4.78, 5) is 25.3. The number of hydrogen-bond acceptors (Lipinski definition) is 4. The van der Waals surface area contributed by atoms with Gasteiger partial charge in [-0.2, -0.15) is 0 Å². The van der Waals surface area contributed by atoms with Gasteiger partial charge in [-0.15, -0.1) is 0 Å². The van der Waals surface area contributed by atoms with Crippen LogP contribution >= 0.6 is 0 Å². The van der Waals surface area contributed by atoms with Crippen LogP contribution in [0.25, 0.3) is 10.9 Å². The first-order valence-electron chi connectivity index (χ1n) is 8.93. The molecule has 0 aliphatic heterocycles. The lowest BCUT2D eigenvalue weighted by Crippen LogP contribution is -2.31. The van der Waals surface area contributed by atoms with Crippen molar-refractivity contribution in [2.45, 2.75) is 33.3 Å². The lowest BCUT2D eigenvalue weighted by molar-refractivity contribution is 0.0602. The summed E-state index contributed by atoms with van der Waals surface area (Å²) in [6.45, 7) is 5.88. The molecule has 1 aromatic heterocycles. The normalized spacial score (nSPS) is 12.0. The monoisotopic (exact) mass is 365 g/mol. The van der Waals surface area contributed by atoms with Gasteiger partial charge in [-0.1, -0.05) is 37.3 Å². The van der Waals surface area contributed by atoms with E-state index in [4.69, 9.17) is 9.47 Å². The van der Waals surface area contributed by atoms with Gasteiger partial charge in [0.25, 0.3) is 5.91 Å². The molecule has 0 spiro atoms. The van der Waals surface area contributed by atoms with Gasteiger partial charge in [0.05, 0.1) is 18.2 Å². The standard InChI is InChI=1S/C22H23NO4/c1-5-19(27-20-12-8-9-14(2)15(20)3)21(24)23-13-17(22(25)26-4)16-10-6-7-11-18(16)23/h6-13,19H,5H2,1-4H3. The Bertz CT molecular complexity index is 1000. The zero-order valence-electron chi connectivity index (χ0n) is 16.0. The Morgan fingerprint density at radius 1 is 1.07 bits per heavy atom. The van der Waals surface area contributed by atoms with Crippen molar-refractivity contribution in [3.05, 3.63) is 65.4 Å². The van der Waals surface area contributed by atoms with E-state index in [-0.39, 0.29) is 5.91 Å². The van der Waals surface area contributed by atoms with E-state index in [0.29, 0.717) is 28.6 Å². The predicted molar refractivity (Wildman–Crippen MR) is 105 cm³/mol. The third-order valence-electron chi connectivity index (χ3n) is 4.83. The Kier molecular flexibility index (Phi) is 5.31. The van der Waals surface area contributed by atoms with Gasteiger partial charge in [0.2, 0.25) is 0 Å². The van der Waals surface area contributed by atoms with Crippen molar-refractivity contribution in [1.29, 1.82) is 0 Å². The number of carbonyl (C=O) groups excluding carboxylic acids is 2. The Balaban J connectivity index is 2.01. The van der Waals surface area contributed by atoms with E-state index in [9.17, 15) is 9.59 Å². The summed E-state index contributed by atoms with van der Waals surface area (Å²) in [5, 5.41) is 0.680. The zero-order valence-corrected chi connectivity index (χ0v) is 16.0. The van der Waals surface area contributed by atoms with Crippen LogP contribution in [-0.2, 0) is 4.74 Å². The molecule has 5 nitrogen and oxygen atoms in total. The fourth-order valence-electron chi connectivity index (χ4n) is 3.10. The Morgan fingerprint density at radius 2 is 1.81 bits per heavy atom. The Hall–Kier alpha value is -3.08. The smallest absolute Gasteiger partial charge is 0.340 e. The first-order chi connectivity index (χ1) is 13.0. The van der Waals surface area contributed by atoms with Crippen molar-refractivity contribution >= 4 is 22.8 Å². The van der Waals surface area contributed by atoms with Crippen LogP contribution in [0, 0.1) is 13.8 Å². The molecule has 1 atom stereocenters. The van der Waals surface area contributed by atoms with Gasteiger partial charge in [-0.05, 0) is 43.5 Å². The van der Waals surface area contributed by atoms with Gasteiger partial charge in [-0.3, -0.25) is 9.36 Å². The SMILES string of the molecule is CCC(Oc1cccc(C)c1C)C(=O)n1cc(C(=O)OC)c2ccccc21. The maximum atomic E-state index is 13.2. The molecule has 140 valence electrons. The molecule has 2 aromatic carbocycles. The molecular weight excluding hydrogens is 342 g/mol. The van der Waals surface area contributed by atoms with E-state index >= 15 is 0 Å². The highest BCUT2D eigenvalue weighted by Crippen LogP contribution is 2.26. The number of methoxy groups -OCH3 is 1. The molecule has 0 saturated heterocycles. The van der Waals surface area contributed by atoms with Crippen molar-refractivity contribution in [1.82, 2.24) is 4.57 Å². The van der Waals surface area contributed by atoms with Gasteiger partial charge >= 0.3 is 5.97 Å². The van der Waals surface area contributed by atoms with E-state index in [2.05, 4.69) is 0 Å². The van der Waals surface area contributed by atoms with Gasteiger partial charge in [0, 0.05) is 11.6 Å². The second-order valence-corrected chi connectivity index (χ2v) is 6.47. The van der Waals surface area contributed by atoms with E-state index in [0.717, 1.165) is 11.1 Å². The third-order valence-corrected chi connectivity index (χ3v) is 4.83. The van der Waals surface area contributed by atoms with Crippen LogP contribution in [0.1, 0.15) is 39.6 Å². The average Bonchev–Trinajstić information content (AvgIpc) is 3.08. The van der Waals surface area contributed by atoms with Crippen LogP contribution in [0.15, 0.2) is 48.7 Å². The lowest BCUT2D eigenvalue weighted by atomic mass is 10.1. The number of esters is 1. The maximum Gasteiger partial charge on any atom is 0.340 e. The molecule has 0 radical (unpaired) electrons. The van der Waals surface area contributed by atoms with E-state index in [1.165, 1.54) is 17.9 Å². The number of nitrogens with zero attached hydrogens (tertiary/aromatic N) is 1. The number of rotatable bonds is 5. The lowest BCUT2D eigenvalue weighted by Gasteiger charge is -2.19. The minimum absolute atomic E-state index is 0.218. The van der Waals surface area contributed by atoms with Crippen molar-refractivity contribution < 1.29 is 19.1 Å². The van der Waals surface area contributed by atoms with Crippen LogP contribution in [-0.4, -0.2) is 29.7 Å². The van der Waals surface area contributed by atoms with Crippen molar-refractivity contribution in [3.63, 3.8) is 0 Å². The summed E-state index contributed by atoms with van der Waals surface area (Å²) in [5.41, 5.74) is 3.14. The number of para-hydroxylation sites is 1. The van der Waals surface area contributed by atoms with Crippen LogP contribution in [0.4, 0.5) is 0 Å². The minimum atomic E-state index is -0.660. The van der Waals surface area contributed by atoms with Crippen LogP contribution in [0.5, 0.6) is 5.75 Å². The minimum Gasteiger partial charge on any atom is -0.480 e. The van der Waals surface area contributed by atoms with Gasteiger partial charge in [0.1, 0.15) is 5.75 Å². The topological polar surface area (TPSA) is 57.5 Å². The highest BCUT2D eigenvalue weighted by atomic mass is 16.5. The second kappa shape index (κ2) is 7.66. The molecule has 27 heavy (non-hydrogen) atoms. The van der Waals surface area contributed by atoms with E-state index in [1.807, 2.05) is 57.2 Å². The van der Waals surface area contributed by atoms with E-state index in [1.54, 1.807) is 6.07 Å². The fraction of sp³-hybridized carbons (Fsp3) is 0.273. The van der Waals surface area contributed by atoms with E-state index < -0.39 is 12.1 Å². The highest BCUT2D eigenvalue weighted by Gasteiger charge is 2.25. The second-order valence-electron chi connectivity index (χ2n) is 6.47. The van der Waals surface area contributed by atoms with Crippen molar-refractivity contribution in [2.24, 2.45) is 0 Å². The molecule has 0 N–H and O–H groups in total. The number of carbonyl (C=O) groups is 2. The van der Waals surface area contributed by atoms with Gasteiger partial charge in [0.15, 0.2) is 6.10 Å². The molecule has 1 unspecified atom stereocenters. The van der Waals surface area contributed by atoms with Gasteiger partial charge in [-0.25, -0.2) is 4.79 Å². The molecule has 1 heterocycles. The molecule has 0 aliphatic carbocycles. The number of aryl methyl sites for hydroxylation is 1. The maximum absolute atomic E-state index is 13.2. The van der Waals surface area contributed by atoms with Crippen LogP contribution in [0.2, 0.25) is 0 Å².